The first-order valence-corrected chi connectivity index (χ1v) is 6.42. The van der Waals surface area contributed by atoms with E-state index in [1.165, 1.54) is 36.0 Å². The highest BCUT2D eigenvalue weighted by molar-refractivity contribution is 7.99. The summed E-state index contributed by atoms with van der Waals surface area (Å²) in [7, 11) is 0. The molecule has 1 aromatic rings. The fourth-order valence-corrected chi connectivity index (χ4v) is 3.34. The van der Waals surface area contributed by atoms with E-state index in [-0.39, 0.29) is 0 Å². The van der Waals surface area contributed by atoms with Crippen molar-refractivity contribution in [3.05, 3.63) is 22.4 Å². The molecular weight excluding hydrogens is 186 g/mol. The zero-order chi connectivity index (χ0) is 8.23. The molecule has 0 amide bonds. The third-order valence-electron chi connectivity index (χ3n) is 2.20. The van der Waals surface area contributed by atoms with E-state index in [1.54, 1.807) is 4.90 Å². The Kier molecular flexibility index (Phi) is 3.08. The molecule has 0 saturated carbocycles. The Morgan fingerprint density at radius 1 is 1.33 bits per heavy atom. The van der Waals surface area contributed by atoms with Gasteiger partial charge in [-0.1, -0.05) is 6.07 Å². The van der Waals surface area contributed by atoms with Crippen molar-refractivity contribution in [2.75, 3.05) is 24.6 Å². The van der Waals surface area contributed by atoms with E-state index in [4.69, 9.17) is 0 Å². The molecule has 12 heavy (non-hydrogen) atoms. The number of hydrogen-bond donors (Lipinski definition) is 1. The Balaban J connectivity index is 1.86. The fourth-order valence-electron chi connectivity index (χ4n) is 1.50. The van der Waals surface area contributed by atoms with Gasteiger partial charge in [0.2, 0.25) is 0 Å². The lowest BCUT2D eigenvalue weighted by molar-refractivity contribution is -0.909. The van der Waals surface area contributed by atoms with E-state index >= 15 is 0 Å². The first kappa shape index (κ1) is 8.60. The van der Waals surface area contributed by atoms with Crippen molar-refractivity contribution in [3.63, 3.8) is 0 Å². The van der Waals surface area contributed by atoms with Crippen LogP contribution in [-0.4, -0.2) is 24.6 Å². The summed E-state index contributed by atoms with van der Waals surface area (Å²) < 4.78 is 0. The minimum atomic E-state index is 1.25. The monoisotopic (exact) mass is 200 g/mol. The molecule has 1 saturated heterocycles. The summed E-state index contributed by atoms with van der Waals surface area (Å²) in [5, 5.41) is 2.17. The first-order valence-electron chi connectivity index (χ1n) is 4.39. The quantitative estimate of drug-likeness (QED) is 0.742. The summed E-state index contributed by atoms with van der Waals surface area (Å²) in [6.45, 7) is 3.95. The highest BCUT2D eigenvalue weighted by Gasteiger charge is 2.13. The van der Waals surface area contributed by atoms with Gasteiger partial charge in [0.15, 0.2) is 0 Å². The summed E-state index contributed by atoms with van der Waals surface area (Å²) in [6.07, 6.45) is 0. The summed E-state index contributed by atoms with van der Waals surface area (Å²) in [5.41, 5.74) is 0. The van der Waals surface area contributed by atoms with Gasteiger partial charge in [-0.2, -0.15) is 11.8 Å². The van der Waals surface area contributed by atoms with E-state index in [0.717, 1.165) is 0 Å². The predicted octanol–water partition coefficient (Wildman–Crippen LogP) is 0.880. The predicted molar refractivity (Wildman–Crippen MR) is 56.0 cm³/mol. The molecule has 0 bridgehead atoms. The molecule has 3 heteroatoms. The number of nitrogens with one attached hydrogen (secondary N) is 1. The van der Waals surface area contributed by atoms with Crippen LogP contribution in [0.1, 0.15) is 4.88 Å². The standard InChI is InChI=1S/C9H13NS2/c1-2-9(12-5-1)8-10-3-6-11-7-4-10/h1-2,5H,3-4,6-8H2/p+1. The third kappa shape index (κ3) is 2.25. The second-order valence-corrected chi connectivity index (χ2v) is 5.38. The zero-order valence-corrected chi connectivity index (χ0v) is 8.72. The maximum absolute atomic E-state index is 2.25. The van der Waals surface area contributed by atoms with Crippen LogP contribution in [0.2, 0.25) is 0 Å². The lowest BCUT2D eigenvalue weighted by Crippen LogP contribution is -3.12. The minimum absolute atomic E-state index is 1.25. The molecule has 1 nitrogen and oxygen atoms in total. The topological polar surface area (TPSA) is 4.44 Å². The molecule has 1 aliphatic heterocycles. The van der Waals surface area contributed by atoms with Gasteiger partial charge in [-0.25, -0.2) is 0 Å². The lowest BCUT2D eigenvalue weighted by Gasteiger charge is -2.22. The highest BCUT2D eigenvalue weighted by atomic mass is 32.2. The van der Waals surface area contributed by atoms with Crippen molar-refractivity contribution >= 4 is 23.1 Å². The Bertz CT molecular complexity index is 214. The second-order valence-electron chi connectivity index (χ2n) is 3.12. The van der Waals surface area contributed by atoms with Crippen molar-refractivity contribution in [2.24, 2.45) is 0 Å². The average Bonchev–Trinajstić information content (AvgIpc) is 2.59. The van der Waals surface area contributed by atoms with Gasteiger partial charge in [0.1, 0.15) is 6.54 Å². The van der Waals surface area contributed by atoms with Crippen LogP contribution in [0.3, 0.4) is 0 Å². The SMILES string of the molecule is c1csc(C[NH+]2CCSCC2)c1. The zero-order valence-electron chi connectivity index (χ0n) is 7.08. The van der Waals surface area contributed by atoms with Gasteiger partial charge in [0.25, 0.3) is 0 Å². The molecular formula is C9H14NS2+. The molecule has 0 aliphatic carbocycles. The molecule has 0 aromatic carbocycles. The molecule has 1 aliphatic rings. The van der Waals surface area contributed by atoms with Gasteiger partial charge in [-0.3, -0.25) is 0 Å². The van der Waals surface area contributed by atoms with E-state index in [9.17, 15) is 0 Å². The summed E-state index contributed by atoms with van der Waals surface area (Å²) >= 11 is 3.98. The number of hydrogen-bond acceptors (Lipinski definition) is 2. The van der Waals surface area contributed by atoms with Crippen molar-refractivity contribution < 1.29 is 4.90 Å². The van der Waals surface area contributed by atoms with Gasteiger partial charge < -0.3 is 4.90 Å². The molecule has 0 radical (unpaired) electrons. The molecule has 0 atom stereocenters. The molecule has 1 fully saturated rings. The normalized spacial score (nSPS) is 19.7. The van der Waals surface area contributed by atoms with E-state index in [0.29, 0.717) is 0 Å². The van der Waals surface area contributed by atoms with Crippen molar-refractivity contribution in [1.29, 1.82) is 0 Å². The Morgan fingerprint density at radius 3 is 2.83 bits per heavy atom. The van der Waals surface area contributed by atoms with Crippen LogP contribution in [0.25, 0.3) is 0 Å². The van der Waals surface area contributed by atoms with Crippen LogP contribution >= 0.6 is 23.1 Å². The van der Waals surface area contributed by atoms with Gasteiger partial charge in [0, 0.05) is 11.5 Å². The highest BCUT2D eigenvalue weighted by Crippen LogP contribution is 2.07. The largest absolute Gasteiger partial charge is 0.329 e. The van der Waals surface area contributed by atoms with Crippen LogP contribution < -0.4 is 4.90 Å². The maximum Gasteiger partial charge on any atom is 0.112 e. The molecule has 0 spiro atoms. The Morgan fingerprint density at radius 2 is 2.17 bits per heavy atom. The fraction of sp³-hybridized carbons (Fsp3) is 0.556. The van der Waals surface area contributed by atoms with Crippen molar-refractivity contribution in [3.8, 4) is 0 Å². The minimum Gasteiger partial charge on any atom is -0.329 e. The molecule has 2 heterocycles. The summed E-state index contributed by atoms with van der Waals surface area (Å²) in [4.78, 5) is 3.30. The van der Waals surface area contributed by atoms with Crippen molar-refractivity contribution in [2.45, 2.75) is 6.54 Å². The lowest BCUT2D eigenvalue weighted by atomic mass is 10.4. The Labute approximate surface area is 81.8 Å². The van der Waals surface area contributed by atoms with Gasteiger partial charge in [-0.15, -0.1) is 11.3 Å². The molecule has 66 valence electrons. The van der Waals surface area contributed by atoms with Crippen LogP contribution in [-0.2, 0) is 6.54 Å². The van der Waals surface area contributed by atoms with Gasteiger partial charge in [0.05, 0.1) is 18.0 Å². The number of rotatable bonds is 2. The van der Waals surface area contributed by atoms with E-state index in [2.05, 4.69) is 29.3 Å². The second kappa shape index (κ2) is 4.30. The summed E-state index contributed by atoms with van der Waals surface area (Å²) in [5.74, 6) is 2.70. The third-order valence-corrected chi connectivity index (χ3v) is 4.07. The van der Waals surface area contributed by atoms with Crippen LogP contribution in [0.5, 0.6) is 0 Å². The van der Waals surface area contributed by atoms with Gasteiger partial charge >= 0.3 is 0 Å². The van der Waals surface area contributed by atoms with E-state index < -0.39 is 0 Å². The van der Waals surface area contributed by atoms with Gasteiger partial charge in [-0.05, 0) is 11.4 Å². The number of thioether (sulfide) groups is 1. The molecule has 2 rings (SSSR count). The first-order chi connectivity index (χ1) is 5.95. The van der Waals surface area contributed by atoms with Crippen LogP contribution in [0.15, 0.2) is 17.5 Å². The smallest absolute Gasteiger partial charge is 0.112 e. The van der Waals surface area contributed by atoms with E-state index in [1.807, 2.05) is 11.3 Å². The molecule has 1 N–H and O–H groups in total. The molecule has 0 unspecified atom stereocenters. The van der Waals surface area contributed by atoms with Crippen LogP contribution in [0.4, 0.5) is 0 Å². The molecule has 1 aromatic heterocycles. The maximum atomic E-state index is 2.25. The van der Waals surface area contributed by atoms with Crippen molar-refractivity contribution in [1.82, 2.24) is 0 Å². The average molecular weight is 200 g/mol. The number of thiophene rings is 1. The van der Waals surface area contributed by atoms with Crippen LogP contribution in [0, 0.1) is 0 Å². The Hall–Kier alpha value is 0.01000. The summed E-state index contributed by atoms with van der Waals surface area (Å²) in [6, 6.07) is 4.40. The number of quaternary nitrogens is 1.